The van der Waals surface area contributed by atoms with Crippen molar-refractivity contribution in [3.05, 3.63) is 36.4 Å². The molecule has 0 unspecified atom stereocenters. The maximum atomic E-state index is 9.19. The maximum absolute atomic E-state index is 9.19. The predicted octanol–water partition coefficient (Wildman–Crippen LogP) is 1.61. The molecule has 1 N–H and O–H groups in total. The summed E-state index contributed by atoms with van der Waals surface area (Å²) >= 11 is 0. The van der Waals surface area contributed by atoms with Crippen molar-refractivity contribution in [1.82, 2.24) is 0 Å². The zero-order chi connectivity index (χ0) is 8.74. The first-order valence-electron chi connectivity index (χ1n) is 2.92. The van der Waals surface area contributed by atoms with E-state index in [4.69, 9.17) is 4.55 Å². The van der Waals surface area contributed by atoms with Gasteiger partial charge in [0.05, 0.1) is 6.26 Å². The molecule has 0 spiro atoms. The van der Waals surface area contributed by atoms with E-state index in [1.807, 2.05) is 36.4 Å². The number of rotatable bonds is 0. The molecule has 0 amide bonds. The van der Waals surface area contributed by atoms with E-state index in [0.717, 1.165) is 0 Å². The van der Waals surface area contributed by atoms with Gasteiger partial charge in [0.2, 0.25) is 0 Å². The van der Waals surface area contributed by atoms with Crippen molar-refractivity contribution < 1.29 is 13.0 Å². The van der Waals surface area contributed by atoms with Crippen LogP contribution in [0.2, 0.25) is 0 Å². The molecular weight excluding hydrogens is 200 g/mol. The maximum Gasteiger partial charge on any atom is 0.261 e. The number of hydrogen-bond donors (Lipinski definition) is 1. The van der Waals surface area contributed by atoms with E-state index in [-0.39, 0.29) is 12.4 Å². The molecule has 0 heterocycles. The summed E-state index contributed by atoms with van der Waals surface area (Å²) in [6.45, 7) is 0. The minimum Gasteiger partial charge on any atom is -0.286 e. The van der Waals surface area contributed by atoms with Crippen LogP contribution in [0.5, 0.6) is 0 Å². The molecule has 0 aliphatic heterocycles. The molecule has 0 aliphatic carbocycles. The van der Waals surface area contributed by atoms with Crippen molar-refractivity contribution in [1.29, 1.82) is 0 Å². The lowest BCUT2D eigenvalue weighted by Gasteiger charge is -1.69. The van der Waals surface area contributed by atoms with Crippen LogP contribution >= 0.6 is 12.4 Å². The van der Waals surface area contributed by atoms with Gasteiger partial charge in [0.1, 0.15) is 0 Å². The summed E-state index contributed by atoms with van der Waals surface area (Å²) in [6, 6.07) is 12.0. The molecule has 1 rings (SSSR count). The van der Waals surface area contributed by atoms with Crippen LogP contribution in [-0.2, 0) is 10.1 Å². The molecule has 3 nitrogen and oxygen atoms in total. The Kier molecular flexibility index (Phi) is 8.26. The highest BCUT2D eigenvalue weighted by atomic mass is 35.5. The molecule has 1 aromatic rings. The average molecular weight is 211 g/mol. The Morgan fingerprint density at radius 3 is 1.08 bits per heavy atom. The lowest BCUT2D eigenvalue weighted by Crippen LogP contribution is -1.88. The smallest absolute Gasteiger partial charge is 0.261 e. The monoisotopic (exact) mass is 210 g/mol. The summed E-state index contributed by atoms with van der Waals surface area (Å²) in [5.41, 5.74) is 0. The average Bonchev–Trinajstić information content (AvgIpc) is 1.88. The van der Waals surface area contributed by atoms with E-state index in [9.17, 15) is 8.42 Å². The second-order valence-corrected chi connectivity index (χ2v) is 3.35. The Bertz CT molecular complexity index is 235. The van der Waals surface area contributed by atoms with Crippen molar-refractivity contribution in [2.75, 3.05) is 6.26 Å². The highest BCUT2D eigenvalue weighted by Gasteiger charge is 1.81. The first-order chi connectivity index (χ1) is 5.00. The van der Waals surface area contributed by atoms with Gasteiger partial charge in [-0.25, -0.2) is 0 Å². The fourth-order valence-corrected chi connectivity index (χ4v) is 0.385. The zero-order valence-corrected chi connectivity index (χ0v) is 8.18. The quantitative estimate of drug-likeness (QED) is 0.662. The number of halogens is 1. The summed E-state index contributed by atoms with van der Waals surface area (Å²) in [5, 5.41) is 0. The number of hydrogen-bond acceptors (Lipinski definition) is 2. The van der Waals surface area contributed by atoms with Gasteiger partial charge in [0.15, 0.2) is 0 Å². The molecule has 0 fully saturated rings. The zero-order valence-electron chi connectivity index (χ0n) is 6.54. The lowest BCUT2D eigenvalue weighted by atomic mass is 10.4. The Labute approximate surface area is 78.6 Å². The van der Waals surface area contributed by atoms with Crippen molar-refractivity contribution in [3.63, 3.8) is 0 Å². The van der Waals surface area contributed by atoms with Crippen LogP contribution in [-0.4, -0.2) is 19.2 Å². The Morgan fingerprint density at radius 1 is 0.917 bits per heavy atom. The second-order valence-electron chi connectivity index (χ2n) is 1.89. The topological polar surface area (TPSA) is 54.4 Å². The molecule has 12 heavy (non-hydrogen) atoms. The third-order valence-corrected chi connectivity index (χ3v) is 0.667. The molecular formula is C7H11ClO3S. The minimum atomic E-state index is -3.67. The van der Waals surface area contributed by atoms with Gasteiger partial charge >= 0.3 is 0 Å². The van der Waals surface area contributed by atoms with E-state index in [0.29, 0.717) is 6.26 Å². The van der Waals surface area contributed by atoms with E-state index >= 15 is 0 Å². The summed E-state index contributed by atoms with van der Waals surface area (Å²) < 4.78 is 25.9. The SMILES string of the molecule is CS(=O)(=O)O.Cl.c1ccccc1. The van der Waals surface area contributed by atoms with Crippen molar-refractivity contribution in [3.8, 4) is 0 Å². The highest BCUT2D eigenvalue weighted by molar-refractivity contribution is 7.85. The molecule has 70 valence electrons. The Balaban J connectivity index is 0. The molecule has 1 aromatic carbocycles. The molecule has 0 bridgehead atoms. The van der Waals surface area contributed by atoms with Gasteiger partial charge in [-0.15, -0.1) is 12.4 Å². The van der Waals surface area contributed by atoms with E-state index in [1.54, 1.807) is 0 Å². The van der Waals surface area contributed by atoms with Gasteiger partial charge in [-0.3, -0.25) is 4.55 Å². The molecule has 0 atom stereocenters. The van der Waals surface area contributed by atoms with Gasteiger partial charge in [-0.2, -0.15) is 8.42 Å². The first-order valence-corrected chi connectivity index (χ1v) is 4.77. The highest BCUT2D eigenvalue weighted by Crippen LogP contribution is 1.79. The predicted molar refractivity (Wildman–Crippen MR) is 51.2 cm³/mol. The molecule has 0 aromatic heterocycles. The van der Waals surface area contributed by atoms with Crippen LogP contribution < -0.4 is 0 Å². The van der Waals surface area contributed by atoms with Crippen LogP contribution in [0.15, 0.2) is 36.4 Å². The summed E-state index contributed by atoms with van der Waals surface area (Å²) in [5.74, 6) is 0. The lowest BCUT2D eigenvalue weighted by molar-refractivity contribution is 0.490. The Morgan fingerprint density at radius 2 is 1.00 bits per heavy atom. The number of benzene rings is 1. The second kappa shape index (κ2) is 7.09. The third kappa shape index (κ3) is 22.7. The van der Waals surface area contributed by atoms with Crippen LogP contribution in [0.1, 0.15) is 0 Å². The first kappa shape index (κ1) is 14.0. The minimum absolute atomic E-state index is 0. The van der Waals surface area contributed by atoms with Crippen molar-refractivity contribution in [2.45, 2.75) is 0 Å². The summed E-state index contributed by atoms with van der Waals surface area (Å²) in [4.78, 5) is 0. The summed E-state index contributed by atoms with van der Waals surface area (Å²) in [6.07, 6.45) is 0.715. The Hall–Kier alpha value is -0.580. The molecule has 0 aliphatic rings. The van der Waals surface area contributed by atoms with Crippen LogP contribution in [0.25, 0.3) is 0 Å². The van der Waals surface area contributed by atoms with E-state index in [2.05, 4.69) is 0 Å². The summed E-state index contributed by atoms with van der Waals surface area (Å²) in [7, 11) is -3.67. The fourth-order valence-electron chi connectivity index (χ4n) is 0.385. The largest absolute Gasteiger partial charge is 0.286 e. The molecule has 0 saturated heterocycles. The standard InChI is InChI=1S/C6H6.CH4O3S.ClH/c1-2-4-6-5-3-1;1-5(2,3)4;/h1-6H;1H3,(H,2,3,4);1H. The molecule has 0 radical (unpaired) electrons. The van der Waals surface area contributed by atoms with Crippen molar-refractivity contribution >= 4 is 22.5 Å². The van der Waals surface area contributed by atoms with E-state index in [1.165, 1.54) is 0 Å². The molecule has 5 heteroatoms. The fraction of sp³-hybridized carbons (Fsp3) is 0.143. The van der Waals surface area contributed by atoms with Crippen LogP contribution in [0.3, 0.4) is 0 Å². The third-order valence-electron chi connectivity index (χ3n) is 0.667. The molecule has 0 saturated carbocycles. The van der Waals surface area contributed by atoms with Crippen LogP contribution in [0.4, 0.5) is 0 Å². The van der Waals surface area contributed by atoms with Gasteiger partial charge < -0.3 is 0 Å². The van der Waals surface area contributed by atoms with Gasteiger partial charge in [-0.1, -0.05) is 36.4 Å². The van der Waals surface area contributed by atoms with Gasteiger partial charge in [-0.05, 0) is 0 Å². The van der Waals surface area contributed by atoms with Gasteiger partial charge in [0, 0.05) is 0 Å². The normalized spacial score (nSPS) is 8.83. The van der Waals surface area contributed by atoms with Gasteiger partial charge in [0.25, 0.3) is 10.1 Å². The van der Waals surface area contributed by atoms with Crippen molar-refractivity contribution in [2.24, 2.45) is 0 Å². The van der Waals surface area contributed by atoms with Crippen LogP contribution in [0, 0.1) is 0 Å². The van der Waals surface area contributed by atoms with E-state index < -0.39 is 10.1 Å².